The van der Waals surface area contributed by atoms with Gasteiger partial charge in [-0.05, 0) is 25.5 Å². The Labute approximate surface area is 125 Å². The van der Waals surface area contributed by atoms with Gasteiger partial charge in [-0.25, -0.2) is 9.78 Å². The van der Waals surface area contributed by atoms with E-state index in [1.54, 1.807) is 11.3 Å². The summed E-state index contributed by atoms with van der Waals surface area (Å²) in [5, 5.41) is 13.7. The molecule has 7 nitrogen and oxygen atoms in total. The number of hydrogen-bond donors (Lipinski definition) is 3. The van der Waals surface area contributed by atoms with Crippen molar-refractivity contribution in [3.8, 4) is 0 Å². The molecule has 0 spiro atoms. The number of carboxylic acid groups (broad SMARTS) is 1. The second kappa shape index (κ2) is 6.51. The molecular formula is C13H16N4O3S. The van der Waals surface area contributed by atoms with Crippen molar-refractivity contribution in [2.45, 2.75) is 6.04 Å². The first-order valence-electron chi connectivity index (χ1n) is 6.25. The predicted octanol–water partition coefficient (Wildman–Crippen LogP) is 1.20. The molecule has 0 aliphatic heterocycles. The highest BCUT2D eigenvalue weighted by Gasteiger charge is 2.22. The molecule has 1 amide bonds. The Hall–Kier alpha value is -2.19. The molecule has 0 saturated heterocycles. The Kier molecular flexibility index (Phi) is 4.71. The summed E-state index contributed by atoms with van der Waals surface area (Å²) in [4.78, 5) is 32.3. The van der Waals surface area contributed by atoms with Crippen LogP contribution in [0.4, 0.5) is 0 Å². The van der Waals surface area contributed by atoms with E-state index in [2.05, 4.69) is 15.3 Å². The van der Waals surface area contributed by atoms with E-state index in [1.165, 1.54) is 6.33 Å². The number of amides is 1. The van der Waals surface area contributed by atoms with Crippen LogP contribution in [0.2, 0.25) is 0 Å². The van der Waals surface area contributed by atoms with Gasteiger partial charge in [0.2, 0.25) is 0 Å². The second-order valence-electron chi connectivity index (χ2n) is 4.64. The van der Waals surface area contributed by atoms with Crippen LogP contribution in [0.3, 0.4) is 0 Å². The number of hydrogen-bond acceptors (Lipinski definition) is 5. The van der Waals surface area contributed by atoms with Crippen LogP contribution in [0.25, 0.3) is 0 Å². The minimum atomic E-state index is -1.21. The van der Waals surface area contributed by atoms with Crippen molar-refractivity contribution in [2.24, 2.45) is 0 Å². The van der Waals surface area contributed by atoms with Crippen LogP contribution < -0.4 is 5.32 Å². The lowest BCUT2D eigenvalue weighted by Crippen LogP contribution is -2.34. The number of aromatic carboxylic acids is 1. The fraction of sp³-hybridized carbons (Fsp3) is 0.308. The van der Waals surface area contributed by atoms with Crippen molar-refractivity contribution in [2.75, 3.05) is 20.6 Å². The van der Waals surface area contributed by atoms with Crippen LogP contribution in [-0.2, 0) is 0 Å². The molecule has 0 radical (unpaired) electrons. The van der Waals surface area contributed by atoms with Gasteiger partial charge in [0.15, 0.2) is 11.4 Å². The molecule has 8 heteroatoms. The minimum absolute atomic E-state index is 0.0289. The van der Waals surface area contributed by atoms with Crippen LogP contribution in [0, 0.1) is 0 Å². The first kappa shape index (κ1) is 15.2. The number of imidazole rings is 1. The van der Waals surface area contributed by atoms with E-state index >= 15 is 0 Å². The maximum absolute atomic E-state index is 12.1. The average Bonchev–Trinajstić information content (AvgIpc) is 3.09. The highest BCUT2D eigenvalue weighted by atomic mass is 32.1. The molecule has 2 aromatic rings. The lowest BCUT2D eigenvalue weighted by Gasteiger charge is -2.23. The molecule has 2 rings (SSSR count). The number of thiophene rings is 1. The Morgan fingerprint density at radius 2 is 2.29 bits per heavy atom. The van der Waals surface area contributed by atoms with E-state index in [1.807, 2.05) is 36.5 Å². The number of aromatic nitrogens is 2. The number of nitrogens with one attached hydrogen (secondary N) is 2. The van der Waals surface area contributed by atoms with E-state index in [0.717, 1.165) is 4.88 Å². The van der Waals surface area contributed by atoms with E-state index in [0.29, 0.717) is 6.54 Å². The summed E-state index contributed by atoms with van der Waals surface area (Å²) in [6, 6.07) is 3.98. The van der Waals surface area contributed by atoms with Crippen molar-refractivity contribution in [1.82, 2.24) is 20.2 Å². The first-order chi connectivity index (χ1) is 10.0. The maximum atomic E-state index is 12.1. The lowest BCUT2D eigenvalue weighted by molar-refractivity contribution is 0.0684. The zero-order valence-electron chi connectivity index (χ0n) is 11.7. The van der Waals surface area contributed by atoms with Crippen LogP contribution in [0.5, 0.6) is 0 Å². The van der Waals surface area contributed by atoms with Gasteiger partial charge in [0.25, 0.3) is 5.91 Å². The third-order valence-electron chi connectivity index (χ3n) is 3.02. The second-order valence-corrected chi connectivity index (χ2v) is 5.62. The summed E-state index contributed by atoms with van der Waals surface area (Å²) < 4.78 is 0. The molecule has 0 saturated carbocycles. The molecule has 1 atom stereocenters. The van der Waals surface area contributed by atoms with Crippen molar-refractivity contribution in [3.63, 3.8) is 0 Å². The van der Waals surface area contributed by atoms with E-state index < -0.39 is 11.9 Å². The SMILES string of the molecule is CN(C)C(CNC(=O)c1nc[nH]c1C(=O)O)c1cccs1. The van der Waals surface area contributed by atoms with Gasteiger partial charge in [-0.15, -0.1) is 11.3 Å². The highest BCUT2D eigenvalue weighted by molar-refractivity contribution is 7.10. The summed E-state index contributed by atoms with van der Waals surface area (Å²) >= 11 is 1.61. The number of aromatic amines is 1. The highest BCUT2D eigenvalue weighted by Crippen LogP contribution is 2.22. The maximum Gasteiger partial charge on any atom is 0.354 e. The molecule has 0 aromatic carbocycles. The standard InChI is InChI=1S/C13H16N4O3S/c1-17(2)8(9-4-3-5-21-9)6-14-12(18)10-11(13(19)20)16-7-15-10/h3-5,7-8H,6H2,1-2H3,(H,14,18)(H,15,16)(H,19,20). The van der Waals surface area contributed by atoms with Crippen LogP contribution >= 0.6 is 11.3 Å². The number of rotatable bonds is 6. The Bertz CT molecular complexity index is 621. The predicted molar refractivity (Wildman–Crippen MR) is 78.6 cm³/mol. The largest absolute Gasteiger partial charge is 0.477 e. The van der Waals surface area contributed by atoms with Gasteiger partial charge in [-0.3, -0.25) is 4.79 Å². The van der Waals surface area contributed by atoms with E-state index in [9.17, 15) is 9.59 Å². The molecule has 112 valence electrons. The molecule has 0 aliphatic rings. The van der Waals surface area contributed by atoms with Gasteiger partial charge in [0.1, 0.15) is 0 Å². The van der Waals surface area contributed by atoms with E-state index in [4.69, 9.17) is 5.11 Å². The number of H-pyrrole nitrogens is 1. The van der Waals surface area contributed by atoms with Gasteiger partial charge >= 0.3 is 5.97 Å². The summed E-state index contributed by atoms with van der Waals surface area (Å²) in [7, 11) is 3.85. The van der Waals surface area contributed by atoms with Gasteiger partial charge < -0.3 is 20.3 Å². The number of carbonyl (C=O) groups is 2. The summed E-state index contributed by atoms with van der Waals surface area (Å²) in [5.41, 5.74) is -0.309. The number of carbonyl (C=O) groups excluding carboxylic acids is 1. The smallest absolute Gasteiger partial charge is 0.354 e. The van der Waals surface area contributed by atoms with E-state index in [-0.39, 0.29) is 17.4 Å². The number of carboxylic acids is 1. The molecule has 3 N–H and O–H groups in total. The molecule has 2 heterocycles. The van der Waals surface area contributed by atoms with Gasteiger partial charge in [0.05, 0.1) is 12.4 Å². The first-order valence-corrected chi connectivity index (χ1v) is 7.13. The van der Waals surface area contributed by atoms with Crippen LogP contribution in [0.1, 0.15) is 31.9 Å². The van der Waals surface area contributed by atoms with Crippen molar-refractivity contribution in [1.29, 1.82) is 0 Å². The fourth-order valence-electron chi connectivity index (χ4n) is 1.92. The van der Waals surface area contributed by atoms with Crippen molar-refractivity contribution in [3.05, 3.63) is 40.1 Å². The average molecular weight is 308 g/mol. The van der Waals surface area contributed by atoms with Crippen molar-refractivity contribution < 1.29 is 14.7 Å². The normalized spacial score (nSPS) is 12.3. The zero-order chi connectivity index (χ0) is 15.4. The number of likely N-dealkylation sites (N-methyl/N-ethyl adjacent to an activating group) is 1. The van der Waals surface area contributed by atoms with Crippen molar-refractivity contribution >= 4 is 23.2 Å². The molecule has 0 aliphatic carbocycles. The lowest BCUT2D eigenvalue weighted by atomic mass is 10.2. The quantitative estimate of drug-likeness (QED) is 0.745. The molecular weight excluding hydrogens is 292 g/mol. The van der Waals surface area contributed by atoms with Gasteiger partial charge in [-0.1, -0.05) is 6.07 Å². The fourth-order valence-corrected chi connectivity index (χ4v) is 2.84. The Morgan fingerprint density at radius 1 is 1.52 bits per heavy atom. The summed E-state index contributed by atoms with van der Waals surface area (Å²) in [6.07, 6.45) is 1.20. The van der Waals surface area contributed by atoms with Gasteiger partial charge in [-0.2, -0.15) is 0 Å². The Morgan fingerprint density at radius 3 is 2.86 bits per heavy atom. The molecule has 0 bridgehead atoms. The van der Waals surface area contributed by atoms with Gasteiger partial charge in [0, 0.05) is 11.4 Å². The van der Waals surface area contributed by atoms with Crippen LogP contribution in [-0.4, -0.2) is 52.5 Å². The summed E-state index contributed by atoms with van der Waals surface area (Å²) in [6.45, 7) is 0.373. The topological polar surface area (TPSA) is 98.3 Å². The molecule has 2 aromatic heterocycles. The Balaban J connectivity index is 2.06. The monoisotopic (exact) mass is 308 g/mol. The molecule has 0 fully saturated rings. The summed E-state index contributed by atoms with van der Waals surface area (Å²) in [5.74, 6) is -1.71. The minimum Gasteiger partial charge on any atom is -0.477 e. The van der Waals surface area contributed by atoms with Crippen LogP contribution in [0.15, 0.2) is 23.8 Å². The third kappa shape index (κ3) is 3.47. The molecule has 1 unspecified atom stereocenters. The number of nitrogens with zero attached hydrogens (tertiary/aromatic N) is 2. The zero-order valence-corrected chi connectivity index (χ0v) is 12.5. The third-order valence-corrected chi connectivity index (χ3v) is 3.99. The molecule has 21 heavy (non-hydrogen) atoms.